The van der Waals surface area contributed by atoms with E-state index in [-0.39, 0.29) is 25.1 Å². The minimum Gasteiger partial charge on any atom is -0.454 e. The molecule has 8 nitrogen and oxygen atoms in total. The Balaban J connectivity index is 0.00000156. The summed E-state index contributed by atoms with van der Waals surface area (Å²) in [4.78, 5) is 20.7. The van der Waals surface area contributed by atoms with Crippen LogP contribution in [0.3, 0.4) is 0 Å². The quantitative estimate of drug-likeness (QED) is 0.757. The summed E-state index contributed by atoms with van der Waals surface area (Å²) >= 11 is 0. The highest BCUT2D eigenvalue weighted by atomic mass is 35.5. The van der Waals surface area contributed by atoms with Crippen LogP contribution in [0.15, 0.2) is 24.5 Å². The summed E-state index contributed by atoms with van der Waals surface area (Å²) in [6.07, 6.45) is 1.65. The molecule has 2 aliphatic rings. The van der Waals surface area contributed by atoms with Gasteiger partial charge in [0, 0.05) is 6.54 Å². The molecule has 9 heteroatoms. The van der Waals surface area contributed by atoms with Crippen molar-refractivity contribution in [2.24, 2.45) is 5.73 Å². The highest BCUT2D eigenvalue weighted by Crippen LogP contribution is 2.32. The van der Waals surface area contributed by atoms with Crippen molar-refractivity contribution in [3.8, 4) is 11.5 Å². The number of aromatic nitrogens is 2. The number of hydrogen-bond donors (Lipinski definition) is 3. The van der Waals surface area contributed by atoms with Crippen LogP contribution >= 0.6 is 12.4 Å². The zero-order chi connectivity index (χ0) is 15.1. The lowest BCUT2D eigenvalue weighted by Gasteiger charge is -2.33. The van der Waals surface area contributed by atoms with Crippen molar-refractivity contribution >= 4 is 24.1 Å². The van der Waals surface area contributed by atoms with Gasteiger partial charge in [0.05, 0.1) is 6.33 Å². The summed E-state index contributed by atoms with van der Waals surface area (Å²) in [5, 5.41) is 2.70. The number of nitrogens with two attached hydrogens (primary N) is 1. The standard InChI is InChI=1S/C14H15N5O3.ClH/c15-14-18-13(20)11-12(17-6-16-11)19(14)4-3-8-1-2-9-10(5-8)22-7-21-9;/h1-2,5-6,14H,3-4,7,15H2,(H,16,17)(H,18,20);1H. The van der Waals surface area contributed by atoms with Gasteiger partial charge in [0.25, 0.3) is 5.91 Å². The maximum absolute atomic E-state index is 11.8. The van der Waals surface area contributed by atoms with E-state index in [0.29, 0.717) is 18.1 Å². The third-order valence-corrected chi connectivity index (χ3v) is 3.81. The Morgan fingerprint density at radius 2 is 2.17 bits per heavy atom. The van der Waals surface area contributed by atoms with E-state index < -0.39 is 6.29 Å². The second-order valence-corrected chi connectivity index (χ2v) is 5.15. The molecule has 122 valence electrons. The molecular weight excluding hydrogens is 322 g/mol. The predicted molar refractivity (Wildman–Crippen MR) is 84.9 cm³/mol. The van der Waals surface area contributed by atoms with E-state index >= 15 is 0 Å². The molecule has 3 heterocycles. The van der Waals surface area contributed by atoms with Crippen LogP contribution in [-0.4, -0.2) is 35.5 Å². The molecule has 1 atom stereocenters. The number of H-pyrrole nitrogens is 1. The molecule has 1 unspecified atom stereocenters. The molecule has 4 rings (SSSR count). The summed E-state index contributed by atoms with van der Waals surface area (Å²) in [6, 6.07) is 5.85. The average Bonchev–Trinajstić information content (AvgIpc) is 3.15. The summed E-state index contributed by atoms with van der Waals surface area (Å²) in [7, 11) is 0. The molecular formula is C14H16ClN5O3. The number of hydrogen-bond acceptors (Lipinski definition) is 6. The van der Waals surface area contributed by atoms with E-state index in [4.69, 9.17) is 15.2 Å². The van der Waals surface area contributed by atoms with Gasteiger partial charge in [0.15, 0.2) is 23.6 Å². The molecule has 2 aliphatic heterocycles. The van der Waals surface area contributed by atoms with Gasteiger partial charge in [-0.15, -0.1) is 12.4 Å². The summed E-state index contributed by atoms with van der Waals surface area (Å²) < 4.78 is 10.7. The van der Waals surface area contributed by atoms with Crippen LogP contribution in [0, 0.1) is 0 Å². The Hall–Kier alpha value is -2.45. The van der Waals surface area contributed by atoms with Crippen molar-refractivity contribution in [3.05, 3.63) is 35.8 Å². The van der Waals surface area contributed by atoms with Gasteiger partial charge in [0.1, 0.15) is 5.69 Å². The van der Waals surface area contributed by atoms with Gasteiger partial charge in [-0.25, -0.2) is 4.98 Å². The van der Waals surface area contributed by atoms with Crippen molar-refractivity contribution in [1.29, 1.82) is 0 Å². The summed E-state index contributed by atoms with van der Waals surface area (Å²) in [6.45, 7) is 0.886. The van der Waals surface area contributed by atoms with Crippen LogP contribution in [0.25, 0.3) is 0 Å². The van der Waals surface area contributed by atoms with Gasteiger partial charge in [-0.3, -0.25) is 10.5 Å². The van der Waals surface area contributed by atoms with Crippen LogP contribution in [-0.2, 0) is 6.42 Å². The fourth-order valence-corrected chi connectivity index (χ4v) is 2.68. The van der Waals surface area contributed by atoms with Gasteiger partial charge in [0.2, 0.25) is 6.79 Å². The normalized spacial score (nSPS) is 18.2. The Kier molecular flexibility index (Phi) is 4.01. The van der Waals surface area contributed by atoms with Crippen LogP contribution in [0.1, 0.15) is 16.1 Å². The van der Waals surface area contributed by atoms with E-state index in [0.717, 1.165) is 23.5 Å². The maximum Gasteiger partial charge on any atom is 0.274 e. The number of aromatic amines is 1. The number of anilines is 1. The molecule has 23 heavy (non-hydrogen) atoms. The number of carbonyl (C=O) groups is 1. The highest BCUT2D eigenvalue weighted by Gasteiger charge is 2.30. The largest absolute Gasteiger partial charge is 0.454 e. The number of halogens is 1. The molecule has 1 aromatic heterocycles. The fraction of sp³-hybridized carbons (Fsp3) is 0.286. The van der Waals surface area contributed by atoms with Crippen molar-refractivity contribution in [1.82, 2.24) is 15.3 Å². The first-order chi connectivity index (χ1) is 10.7. The monoisotopic (exact) mass is 337 g/mol. The van der Waals surface area contributed by atoms with E-state index in [1.165, 1.54) is 6.33 Å². The minimum absolute atomic E-state index is 0. The number of nitrogens with zero attached hydrogens (tertiary/aromatic N) is 2. The number of benzene rings is 1. The molecule has 0 aliphatic carbocycles. The number of ether oxygens (including phenoxy) is 2. The van der Waals surface area contributed by atoms with E-state index in [1.807, 2.05) is 23.1 Å². The van der Waals surface area contributed by atoms with Crippen LogP contribution in [0.4, 0.5) is 5.82 Å². The Morgan fingerprint density at radius 3 is 3.04 bits per heavy atom. The SMILES string of the molecule is Cl.NC1NC(=O)c2[nH]cnc2N1CCc1ccc2c(c1)OCO2. The van der Waals surface area contributed by atoms with Crippen LogP contribution < -0.4 is 25.4 Å². The zero-order valence-electron chi connectivity index (χ0n) is 12.1. The van der Waals surface area contributed by atoms with E-state index in [9.17, 15) is 4.79 Å². The molecule has 0 saturated carbocycles. The minimum atomic E-state index is -0.586. The second-order valence-electron chi connectivity index (χ2n) is 5.15. The summed E-state index contributed by atoms with van der Waals surface area (Å²) in [5.41, 5.74) is 7.53. The van der Waals surface area contributed by atoms with Gasteiger partial charge >= 0.3 is 0 Å². The zero-order valence-corrected chi connectivity index (χ0v) is 12.9. The molecule has 0 spiro atoms. The van der Waals surface area contributed by atoms with Crippen LogP contribution in [0.2, 0.25) is 0 Å². The lowest BCUT2D eigenvalue weighted by Crippen LogP contribution is -2.58. The number of nitrogens with one attached hydrogen (secondary N) is 2. The lowest BCUT2D eigenvalue weighted by atomic mass is 10.1. The molecule has 2 aromatic rings. The number of rotatable bonds is 3. The predicted octanol–water partition coefficient (Wildman–Crippen LogP) is 0.595. The van der Waals surface area contributed by atoms with Gasteiger partial charge in [-0.2, -0.15) is 0 Å². The number of carbonyl (C=O) groups excluding carboxylic acids is 1. The Bertz CT molecular complexity index is 735. The Morgan fingerprint density at radius 1 is 1.35 bits per heavy atom. The van der Waals surface area contributed by atoms with Crippen molar-refractivity contribution in [2.75, 3.05) is 18.2 Å². The van der Waals surface area contributed by atoms with Crippen LogP contribution in [0.5, 0.6) is 11.5 Å². The van der Waals surface area contributed by atoms with Crippen molar-refractivity contribution in [3.63, 3.8) is 0 Å². The molecule has 4 N–H and O–H groups in total. The van der Waals surface area contributed by atoms with Crippen molar-refractivity contribution in [2.45, 2.75) is 12.7 Å². The molecule has 1 aromatic carbocycles. The fourth-order valence-electron chi connectivity index (χ4n) is 2.68. The molecule has 0 fully saturated rings. The molecule has 0 radical (unpaired) electrons. The van der Waals surface area contributed by atoms with E-state index in [1.54, 1.807) is 0 Å². The number of imidazole rings is 1. The first kappa shape index (κ1) is 15.4. The smallest absolute Gasteiger partial charge is 0.274 e. The van der Waals surface area contributed by atoms with Gasteiger partial charge in [-0.1, -0.05) is 6.07 Å². The first-order valence-corrected chi connectivity index (χ1v) is 6.97. The lowest BCUT2D eigenvalue weighted by molar-refractivity contribution is 0.0923. The molecule has 1 amide bonds. The molecule has 0 bridgehead atoms. The van der Waals surface area contributed by atoms with Gasteiger partial charge < -0.3 is 24.7 Å². The van der Waals surface area contributed by atoms with Gasteiger partial charge in [-0.05, 0) is 24.1 Å². The average molecular weight is 338 g/mol. The topological polar surface area (TPSA) is 106 Å². The van der Waals surface area contributed by atoms with Crippen molar-refractivity contribution < 1.29 is 14.3 Å². The number of amides is 1. The second kappa shape index (κ2) is 5.98. The first-order valence-electron chi connectivity index (χ1n) is 6.97. The Labute approximate surface area is 138 Å². The molecule has 0 saturated heterocycles. The third kappa shape index (κ3) is 2.66. The maximum atomic E-state index is 11.8. The number of fused-ring (bicyclic) bond motifs is 2. The van der Waals surface area contributed by atoms with E-state index in [2.05, 4.69) is 15.3 Å². The highest BCUT2D eigenvalue weighted by molar-refractivity contribution is 5.99. The third-order valence-electron chi connectivity index (χ3n) is 3.81. The summed E-state index contributed by atoms with van der Waals surface area (Å²) in [5.74, 6) is 1.87.